The number of carbonyl (C=O) groups excluding carboxylic acids is 2. The van der Waals surface area contributed by atoms with E-state index in [1.165, 1.54) is 12.5 Å². The number of amides is 1. The predicted molar refractivity (Wildman–Crippen MR) is 88.7 cm³/mol. The van der Waals surface area contributed by atoms with Crippen LogP contribution in [0.25, 0.3) is 0 Å². The first-order valence-corrected chi connectivity index (χ1v) is 8.05. The van der Waals surface area contributed by atoms with Gasteiger partial charge in [-0.3, -0.25) is 4.79 Å². The highest BCUT2D eigenvalue weighted by Gasteiger charge is 2.20. The van der Waals surface area contributed by atoms with Crippen LogP contribution in [-0.4, -0.2) is 18.0 Å². The molecule has 0 aliphatic heterocycles. The van der Waals surface area contributed by atoms with E-state index in [1.807, 2.05) is 24.3 Å². The number of thiophene rings is 1. The van der Waals surface area contributed by atoms with Crippen molar-refractivity contribution in [1.29, 1.82) is 0 Å². The highest BCUT2D eigenvalue weighted by atomic mass is 35.5. The summed E-state index contributed by atoms with van der Waals surface area (Å²) in [7, 11) is 0. The van der Waals surface area contributed by atoms with E-state index in [2.05, 4.69) is 12.2 Å². The quantitative estimate of drug-likeness (QED) is 0.834. The molecule has 0 spiro atoms. The van der Waals surface area contributed by atoms with Crippen molar-refractivity contribution in [2.45, 2.75) is 26.4 Å². The highest BCUT2D eigenvalue weighted by Crippen LogP contribution is 2.22. The lowest BCUT2D eigenvalue weighted by Gasteiger charge is -2.13. The second kappa shape index (κ2) is 7.42. The summed E-state index contributed by atoms with van der Waals surface area (Å²) >= 11 is 6.88. The summed E-state index contributed by atoms with van der Waals surface area (Å²) in [4.78, 5) is 24.3. The number of carbonyl (C=O) groups is 2. The van der Waals surface area contributed by atoms with Crippen LogP contribution in [0.2, 0.25) is 4.34 Å². The van der Waals surface area contributed by atoms with E-state index in [0.29, 0.717) is 14.9 Å². The number of aryl methyl sites for hydroxylation is 1. The van der Waals surface area contributed by atoms with Crippen molar-refractivity contribution in [3.05, 3.63) is 51.2 Å². The van der Waals surface area contributed by atoms with Crippen molar-refractivity contribution in [2.24, 2.45) is 0 Å². The Kier molecular flexibility index (Phi) is 5.57. The first kappa shape index (κ1) is 16.5. The van der Waals surface area contributed by atoms with E-state index < -0.39 is 12.1 Å². The Morgan fingerprint density at radius 3 is 2.45 bits per heavy atom. The van der Waals surface area contributed by atoms with E-state index in [9.17, 15) is 9.59 Å². The van der Waals surface area contributed by atoms with Gasteiger partial charge < -0.3 is 10.1 Å². The van der Waals surface area contributed by atoms with Gasteiger partial charge in [-0.2, -0.15) is 0 Å². The minimum atomic E-state index is -0.890. The van der Waals surface area contributed by atoms with Gasteiger partial charge in [-0.05, 0) is 43.2 Å². The number of benzene rings is 1. The van der Waals surface area contributed by atoms with E-state index >= 15 is 0 Å². The average Bonchev–Trinajstić information content (AvgIpc) is 2.94. The van der Waals surface area contributed by atoms with Gasteiger partial charge in [0.15, 0.2) is 6.10 Å². The third-order valence-electron chi connectivity index (χ3n) is 3.06. The van der Waals surface area contributed by atoms with Crippen molar-refractivity contribution < 1.29 is 14.3 Å². The van der Waals surface area contributed by atoms with Crippen LogP contribution in [0.15, 0.2) is 36.4 Å². The number of halogens is 1. The zero-order valence-corrected chi connectivity index (χ0v) is 13.8. The maximum Gasteiger partial charge on any atom is 0.349 e. The zero-order chi connectivity index (χ0) is 16.1. The molecule has 2 rings (SSSR count). The lowest BCUT2D eigenvalue weighted by Crippen LogP contribution is -2.29. The Morgan fingerprint density at radius 2 is 1.91 bits per heavy atom. The SMILES string of the molecule is CCc1ccc(NC(=O)[C@@H](C)OC(=O)c2ccc(Cl)s2)cc1. The highest BCUT2D eigenvalue weighted by molar-refractivity contribution is 7.17. The molecular weight excluding hydrogens is 322 g/mol. The van der Waals surface area contributed by atoms with E-state index in [0.717, 1.165) is 17.8 Å². The van der Waals surface area contributed by atoms with Gasteiger partial charge in [0.05, 0.1) is 4.34 Å². The van der Waals surface area contributed by atoms with Crippen LogP contribution in [0, 0.1) is 0 Å². The molecule has 22 heavy (non-hydrogen) atoms. The smallest absolute Gasteiger partial charge is 0.349 e. The van der Waals surface area contributed by atoms with E-state index in [1.54, 1.807) is 12.1 Å². The summed E-state index contributed by atoms with van der Waals surface area (Å²) in [6.45, 7) is 3.59. The predicted octanol–water partition coefficient (Wildman–Crippen LogP) is 4.15. The van der Waals surface area contributed by atoms with Gasteiger partial charge in [0, 0.05) is 5.69 Å². The number of hydrogen-bond acceptors (Lipinski definition) is 4. The van der Waals surface area contributed by atoms with Crippen molar-refractivity contribution in [3.63, 3.8) is 0 Å². The summed E-state index contributed by atoms with van der Waals surface area (Å²) < 4.78 is 5.63. The minimum absolute atomic E-state index is 0.372. The molecule has 0 bridgehead atoms. The summed E-state index contributed by atoms with van der Waals surface area (Å²) in [5, 5.41) is 2.72. The van der Waals surface area contributed by atoms with Crippen molar-refractivity contribution in [1.82, 2.24) is 0 Å². The molecule has 116 valence electrons. The molecule has 1 atom stereocenters. The number of anilines is 1. The van der Waals surface area contributed by atoms with Crippen molar-refractivity contribution in [3.8, 4) is 0 Å². The maximum absolute atomic E-state index is 12.0. The number of nitrogens with one attached hydrogen (secondary N) is 1. The van der Waals surface area contributed by atoms with Crippen LogP contribution in [0.4, 0.5) is 5.69 Å². The fraction of sp³-hybridized carbons (Fsp3) is 0.250. The molecule has 2 aromatic rings. The molecule has 1 N–H and O–H groups in total. The molecule has 0 unspecified atom stereocenters. The number of hydrogen-bond donors (Lipinski definition) is 1. The lowest BCUT2D eigenvalue weighted by molar-refractivity contribution is -0.123. The van der Waals surface area contributed by atoms with Crippen LogP contribution in [-0.2, 0) is 16.0 Å². The van der Waals surface area contributed by atoms with Gasteiger partial charge in [-0.1, -0.05) is 30.7 Å². The Morgan fingerprint density at radius 1 is 1.23 bits per heavy atom. The van der Waals surface area contributed by atoms with Gasteiger partial charge >= 0.3 is 5.97 Å². The number of rotatable bonds is 5. The van der Waals surface area contributed by atoms with Crippen LogP contribution in [0.1, 0.15) is 29.1 Å². The Labute approximate surface area is 138 Å². The fourth-order valence-electron chi connectivity index (χ4n) is 1.76. The molecule has 6 heteroatoms. The first-order chi connectivity index (χ1) is 10.5. The molecule has 0 saturated carbocycles. The molecule has 0 fully saturated rings. The third-order valence-corrected chi connectivity index (χ3v) is 4.27. The van der Waals surface area contributed by atoms with Gasteiger partial charge in [-0.15, -0.1) is 11.3 Å². The van der Waals surface area contributed by atoms with Crippen LogP contribution >= 0.6 is 22.9 Å². The maximum atomic E-state index is 12.0. The molecule has 1 aromatic heterocycles. The molecule has 0 aliphatic rings. The Balaban J connectivity index is 1.92. The average molecular weight is 338 g/mol. The van der Waals surface area contributed by atoms with Gasteiger partial charge in [-0.25, -0.2) is 4.79 Å². The second-order valence-electron chi connectivity index (χ2n) is 4.69. The molecule has 1 aromatic carbocycles. The van der Waals surface area contributed by atoms with Gasteiger partial charge in [0.1, 0.15) is 4.88 Å². The van der Waals surface area contributed by atoms with Crippen LogP contribution in [0.5, 0.6) is 0 Å². The minimum Gasteiger partial charge on any atom is -0.448 e. The molecule has 4 nitrogen and oxygen atoms in total. The zero-order valence-electron chi connectivity index (χ0n) is 12.3. The largest absolute Gasteiger partial charge is 0.448 e. The molecule has 0 radical (unpaired) electrons. The lowest BCUT2D eigenvalue weighted by atomic mass is 10.1. The normalized spacial score (nSPS) is 11.8. The molecule has 0 saturated heterocycles. The number of ether oxygens (including phenoxy) is 1. The van der Waals surface area contributed by atoms with Crippen LogP contribution in [0.3, 0.4) is 0 Å². The molecule has 0 aliphatic carbocycles. The van der Waals surface area contributed by atoms with E-state index in [4.69, 9.17) is 16.3 Å². The van der Waals surface area contributed by atoms with Crippen LogP contribution < -0.4 is 5.32 Å². The standard InChI is InChI=1S/C16H16ClNO3S/c1-3-11-4-6-12(7-5-11)18-15(19)10(2)21-16(20)13-8-9-14(17)22-13/h4-10H,3H2,1-2H3,(H,18,19)/t10-/m1/s1. The molecule has 1 amide bonds. The second-order valence-corrected chi connectivity index (χ2v) is 6.41. The van der Waals surface area contributed by atoms with Gasteiger partial charge in [0.25, 0.3) is 5.91 Å². The Hall–Kier alpha value is -1.85. The van der Waals surface area contributed by atoms with E-state index in [-0.39, 0.29) is 5.91 Å². The summed E-state index contributed by atoms with van der Waals surface area (Å²) in [5.74, 6) is -0.930. The molecule has 1 heterocycles. The summed E-state index contributed by atoms with van der Waals surface area (Å²) in [5.41, 5.74) is 1.86. The van der Waals surface area contributed by atoms with Crippen molar-refractivity contribution >= 4 is 40.5 Å². The molecular formula is C16H16ClNO3S. The number of esters is 1. The monoisotopic (exact) mass is 337 g/mol. The Bertz CT molecular complexity index is 666. The van der Waals surface area contributed by atoms with Gasteiger partial charge in [0.2, 0.25) is 0 Å². The summed E-state index contributed by atoms with van der Waals surface area (Å²) in [6, 6.07) is 10.7. The first-order valence-electron chi connectivity index (χ1n) is 6.85. The fourth-order valence-corrected chi connectivity index (χ4v) is 2.69. The topological polar surface area (TPSA) is 55.4 Å². The summed E-state index contributed by atoms with van der Waals surface area (Å²) in [6.07, 6.45) is 0.0465. The van der Waals surface area contributed by atoms with Crippen molar-refractivity contribution in [2.75, 3.05) is 5.32 Å². The third kappa shape index (κ3) is 4.32.